The Morgan fingerprint density at radius 3 is 2.27 bits per heavy atom. The van der Waals surface area contributed by atoms with E-state index in [-0.39, 0.29) is 22.3 Å². The number of hydrogen-bond acceptors (Lipinski definition) is 4. The van der Waals surface area contributed by atoms with Gasteiger partial charge in [-0.15, -0.1) is 0 Å². The number of aromatic nitrogens is 1. The van der Waals surface area contributed by atoms with E-state index in [9.17, 15) is 19.5 Å². The fraction of sp³-hybridized carbons (Fsp3) is 0.417. The van der Waals surface area contributed by atoms with Gasteiger partial charge in [0.25, 0.3) is 5.91 Å². The predicted octanol–water partition coefficient (Wildman–Crippen LogP) is 5.07. The quantitative estimate of drug-likeness (QED) is 0.468. The lowest BCUT2D eigenvalue weighted by Crippen LogP contribution is -2.47. The second-order valence-corrected chi connectivity index (χ2v) is 9.03. The van der Waals surface area contributed by atoms with Gasteiger partial charge in [0.1, 0.15) is 6.04 Å². The molecule has 3 amide bonds. The molecule has 1 atom stereocenters. The molecular formula is C24H29ClN4O4. The molecule has 0 saturated heterocycles. The first kappa shape index (κ1) is 24.5. The van der Waals surface area contributed by atoms with Crippen molar-refractivity contribution >= 4 is 40.9 Å². The lowest BCUT2D eigenvalue weighted by atomic mass is 9.84. The molecule has 4 N–H and O–H groups in total. The standard InChI is InChI=1S/C24H29ClN4O4/c1-13-9-14(2)19(15(3)10-13)29-24(33)27-18-11-17(25)12-26-21(18)22(30)28-20(23(31)32)16-7-5-4-6-8-16/h9-12,16,20H,4-8H2,1-3H3,(H,28,30)(H,31,32)(H2,27,29,33)/t20-/m0/s1. The summed E-state index contributed by atoms with van der Waals surface area (Å²) in [6, 6.07) is 3.74. The molecule has 3 rings (SSSR count). The summed E-state index contributed by atoms with van der Waals surface area (Å²) in [7, 11) is 0. The van der Waals surface area contributed by atoms with Gasteiger partial charge in [0.15, 0.2) is 5.69 Å². The Labute approximate surface area is 198 Å². The minimum atomic E-state index is -1.08. The van der Waals surface area contributed by atoms with Crippen LogP contribution in [0.5, 0.6) is 0 Å². The highest BCUT2D eigenvalue weighted by atomic mass is 35.5. The maximum Gasteiger partial charge on any atom is 0.326 e. The summed E-state index contributed by atoms with van der Waals surface area (Å²) in [5, 5.41) is 17.9. The Bertz CT molecular complexity index is 1040. The predicted molar refractivity (Wildman–Crippen MR) is 128 cm³/mol. The maximum atomic E-state index is 13.0. The van der Waals surface area contributed by atoms with Crippen LogP contribution in [-0.2, 0) is 4.79 Å². The van der Waals surface area contributed by atoms with Gasteiger partial charge < -0.3 is 21.1 Å². The number of nitrogens with zero attached hydrogens (tertiary/aromatic N) is 1. The Kier molecular flexibility index (Phi) is 7.92. The molecular weight excluding hydrogens is 444 g/mol. The number of hydrogen-bond donors (Lipinski definition) is 4. The Morgan fingerprint density at radius 1 is 1.03 bits per heavy atom. The van der Waals surface area contributed by atoms with Crippen molar-refractivity contribution in [1.29, 1.82) is 0 Å². The number of halogens is 1. The van der Waals surface area contributed by atoms with Crippen molar-refractivity contribution in [3.05, 3.63) is 51.8 Å². The molecule has 9 heteroatoms. The molecule has 1 aliphatic rings. The summed E-state index contributed by atoms with van der Waals surface area (Å²) < 4.78 is 0. The van der Waals surface area contributed by atoms with E-state index >= 15 is 0 Å². The molecule has 1 fully saturated rings. The zero-order valence-corrected chi connectivity index (χ0v) is 19.8. The van der Waals surface area contributed by atoms with Gasteiger partial charge >= 0.3 is 12.0 Å². The zero-order valence-electron chi connectivity index (χ0n) is 19.0. The first-order chi connectivity index (χ1) is 15.7. The molecule has 0 spiro atoms. The average molecular weight is 473 g/mol. The fourth-order valence-electron chi connectivity index (χ4n) is 4.42. The van der Waals surface area contributed by atoms with E-state index in [0.717, 1.165) is 48.8 Å². The number of pyridine rings is 1. The van der Waals surface area contributed by atoms with Crippen LogP contribution in [0.1, 0.15) is 59.3 Å². The highest BCUT2D eigenvalue weighted by Crippen LogP contribution is 2.28. The minimum absolute atomic E-state index is 0.0905. The first-order valence-corrected chi connectivity index (χ1v) is 11.4. The third kappa shape index (κ3) is 6.22. The summed E-state index contributed by atoms with van der Waals surface area (Å²) in [5.74, 6) is -1.90. The largest absolute Gasteiger partial charge is 0.480 e. The number of carbonyl (C=O) groups is 3. The van der Waals surface area contributed by atoms with Crippen LogP contribution in [0.3, 0.4) is 0 Å². The molecule has 8 nitrogen and oxygen atoms in total. The lowest BCUT2D eigenvalue weighted by Gasteiger charge is -2.28. The van der Waals surface area contributed by atoms with Gasteiger partial charge in [0.05, 0.1) is 10.7 Å². The van der Waals surface area contributed by atoms with Gasteiger partial charge in [0.2, 0.25) is 0 Å². The number of carboxylic acid groups (broad SMARTS) is 1. The van der Waals surface area contributed by atoms with E-state index in [1.807, 2.05) is 32.9 Å². The van der Waals surface area contributed by atoms with Crippen LogP contribution >= 0.6 is 11.6 Å². The van der Waals surface area contributed by atoms with Gasteiger partial charge in [-0.05, 0) is 56.7 Å². The topological polar surface area (TPSA) is 120 Å². The number of anilines is 2. The Balaban J connectivity index is 1.79. The van der Waals surface area contributed by atoms with E-state index in [1.54, 1.807) is 0 Å². The maximum absolute atomic E-state index is 13.0. The first-order valence-electron chi connectivity index (χ1n) is 11.0. The highest BCUT2D eigenvalue weighted by molar-refractivity contribution is 6.31. The Hall–Kier alpha value is -3.13. The number of carboxylic acids is 1. The van der Waals surface area contributed by atoms with E-state index < -0.39 is 23.9 Å². The SMILES string of the molecule is Cc1cc(C)c(NC(=O)Nc2cc(Cl)cnc2C(=O)N[C@H](C(=O)O)C2CCCCC2)c(C)c1. The minimum Gasteiger partial charge on any atom is -0.480 e. The molecule has 1 aromatic heterocycles. The molecule has 1 aliphatic carbocycles. The second-order valence-electron chi connectivity index (χ2n) is 8.59. The van der Waals surface area contributed by atoms with Crippen molar-refractivity contribution in [2.24, 2.45) is 5.92 Å². The van der Waals surface area contributed by atoms with Crippen LogP contribution in [0.2, 0.25) is 5.02 Å². The van der Waals surface area contributed by atoms with E-state index in [0.29, 0.717) is 5.69 Å². The van der Waals surface area contributed by atoms with Gasteiger partial charge in [-0.2, -0.15) is 0 Å². The molecule has 2 aromatic rings. The molecule has 33 heavy (non-hydrogen) atoms. The van der Waals surface area contributed by atoms with E-state index in [1.165, 1.54) is 12.3 Å². The van der Waals surface area contributed by atoms with Crippen LogP contribution in [0, 0.1) is 26.7 Å². The number of amides is 3. The van der Waals surface area contributed by atoms with Crippen LogP contribution in [0.25, 0.3) is 0 Å². The number of aliphatic carboxylic acids is 1. The van der Waals surface area contributed by atoms with Gasteiger partial charge in [-0.25, -0.2) is 14.6 Å². The van der Waals surface area contributed by atoms with Crippen molar-refractivity contribution in [1.82, 2.24) is 10.3 Å². The molecule has 0 bridgehead atoms. The van der Waals surface area contributed by atoms with Crippen LogP contribution < -0.4 is 16.0 Å². The second kappa shape index (κ2) is 10.7. The molecule has 1 heterocycles. The van der Waals surface area contributed by atoms with Crippen molar-refractivity contribution < 1.29 is 19.5 Å². The van der Waals surface area contributed by atoms with E-state index in [4.69, 9.17) is 11.6 Å². The van der Waals surface area contributed by atoms with Crippen LogP contribution in [0.15, 0.2) is 24.4 Å². The van der Waals surface area contributed by atoms with E-state index in [2.05, 4.69) is 20.9 Å². The molecule has 176 valence electrons. The fourth-order valence-corrected chi connectivity index (χ4v) is 4.58. The third-order valence-corrected chi connectivity index (χ3v) is 6.11. The zero-order chi connectivity index (χ0) is 24.1. The molecule has 0 radical (unpaired) electrons. The van der Waals surface area contributed by atoms with Crippen LogP contribution in [-0.4, -0.2) is 34.0 Å². The van der Waals surface area contributed by atoms with Gasteiger partial charge in [-0.1, -0.05) is 48.6 Å². The normalized spacial score (nSPS) is 14.9. The summed E-state index contributed by atoms with van der Waals surface area (Å²) in [4.78, 5) is 41.6. The number of benzene rings is 1. The molecule has 1 aromatic carbocycles. The third-order valence-electron chi connectivity index (χ3n) is 5.91. The monoisotopic (exact) mass is 472 g/mol. The number of nitrogens with one attached hydrogen (secondary N) is 3. The summed E-state index contributed by atoms with van der Waals surface area (Å²) in [5.41, 5.74) is 3.55. The van der Waals surface area contributed by atoms with Crippen molar-refractivity contribution in [2.45, 2.75) is 58.9 Å². The number of aryl methyl sites for hydroxylation is 3. The van der Waals surface area contributed by atoms with Gasteiger partial charge in [-0.3, -0.25) is 4.79 Å². The van der Waals surface area contributed by atoms with Crippen LogP contribution in [0.4, 0.5) is 16.2 Å². The summed E-state index contributed by atoms with van der Waals surface area (Å²) >= 11 is 6.05. The van der Waals surface area contributed by atoms with Gasteiger partial charge in [0, 0.05) is 11.9 Å². The number of carbonyl (C=O) groups excluding carboxylic acids is 2. The van der Waals surface area contributed by atoms with Crippen molar-refractivity contribution in [3.63, 3.8) is 0 Å². The smallest absolute Gasteiger partial charge is 0.326 e. The molecule has 1 saturated carbocycles. The van der Waals surface area contributed by atoms with Crippen molar-refractivity contribution in [2.75, 3.05) is 10.6 Å². The number of rotatable bonds is 6. The summed E-state index contributed by atoms with van der Waals surface area (Å²) in [6.07, 6.45) is 5.72. The Morgan fingerprint density at radius 2 is 1.67 bits per heavy atom. The summed E-state index contributed by atoms with van der Waals surface area (Å²) in [6.45, 7) is 5.77. The lowest BCUT2D eigenvalue weighted by molar-refractivity contribution is -0.141. The molecule has 0 aliphatic heterocycles. The molecule has 0 unspecified atom stereocenters. The average Bonchev–Trinajstić information content (AvgIpc) is 2.75. The van der Waals surface area contributed by atoms with Crippen molar-refractivity contribution in [3.8, 4) is 0 Å². The number of urea groups is 1. The highest BCUT2D eigenvalue weighted by Gasteiger charge is 2.32.